The van der Waals surface area contributed by atoms with Crippen LogP contribution in [0, 0.1) is 5.92 Å². The zero-order valence-electron chi connectivity index (χ0n) is 10.3. The minimum atomic E-state index is 0.332. The van der Waals surface area contributed by atoms with Crippen molar-refractivity contribution in [3.8, 4) is 0 Å². The number of aryl methyl sites for hydroxylation is 1. The maximum absolute atomic E-state index is 5.34. The van der Waals surface area contributed by atoms with Crippen LogP contribution in [0.5, 0.6) is 0 Å². The van der Waals surface area contributed by atoms with Gasteiger partial charge in [0.2, 0.25) is 5.89 Å². The molecular weight excluding hydrogens is 214 g/mol. The van der Waals surface area contributed by atoms with E-state index in [0.29, 0.717) is 6.04 Å². The van der Waals surface area contributed by atoms with Crippen molar-refractivity contribution >= 4 is 0 Å². The lowest BCUT2D eigenvalue weighted by Gasteiger charge is -2.05. The van der Waals surface area contributed by atoms with Gasteiger partial charge in [-0.1, -0.05) is 30.8 Å². The molecule has 1 saturated heterocycles. The molecule has 4 heteroatoms. The molecular formula is C13H21N3O. The first-order valence-corrected chi connectivity index (χ1v) is 6.97. The summed E-state index contributed by atoms with van der Waals surface area (Å²) in [7, 11) is 0. The van der Waals surface area contributed by atoms with Gasteiger partial charge in [0.15, 0.2) is 5.82 Å². The largest absolute Gasteiger partial charge is 0.339 e. The Labute approximate surface area is 102 Å². The smallest absolute Gasteiger partial charge is 0.226 e. The van der Waals surface area contributed by atoms with Crippen molar-refractivity contribution in [1.29, 1.82) is 0 Å². The first kappa shape index (κ1) is 11.2. The van der Waals surface area contributed by atoms with Crippen molar-refractivity contribution < 1.29 is 4.52 Å². The van der Waals surface area contributed by atoms with Gasteiger partial charge in [-0.05, 0) is 31.7 Å². The Morgan fingerprint density at radius 3 is 2.82 bits per heavy atom. The molecule has 17 heavy (non-hydrogen) atoms. The minimum Gasteiger partial charge on any atom is -0.339 e. The SMILES string of the molecule is C1CCC(CCc2nc(C3CCCN3)no2)C1. The van der Waals surface area contributed by atoms with Crippen LogP contribution in [-0.2, 0) is 6.42 Å². The third-order valence-electron chi connectivity index (χ3n) is 4.10. The van der Waals surface area contributed by atoms with Gasteiger partial charge in [0, 0.05) is 6.42 Å². The number of nitrogens with zero attached hydrogens (tertiary/aromatic N) is 2. The first-order valence-electron chi connectivity index (χ1n) is 6.97. The summed E-state index contributed by atoms with van der Waals surface area (Å²) in [5.41, 5.74) is 0. The van der Waals surface area contributed by atoms with Gasteiger partial charge in [0.25, 0.3) is 0 Å². The summed E-state index contributed by atoms with van der Waals surface area (Å²) >= 11 is 0. The normalized spacial score (nSPS) is 25.8. The molecule has 1 saturated carbocycles. The van der Waals surface area contributed by atoms with Crippen LogP contribution in [0.25, 0.3) is 0 Å². The van der Waals surface area contributed by atoms with E-state index in [0.717, 1.165) is 37.0 Å². The number of hydrogen-bond acceptors (Lipinski definition) is 4. The third kappa shape index (κ3) is 2.68. The number of hydrogen-bond donors (Lipinski definition) is 1. The summed E-state index contributed by atoms with van der Waals surface area (Å²) < 4.78 is 5.34. The summed E-state index contributed by atoms with van der Waals surface area (Å²) in [6, 6.07) is 0.332. The molecule has 0 spiro atoms. The van der Waals surface area contributed by atoms with Gasteiger partial charge in [-0.2, -0.15) is 4.98 Å². The molecule has 0 amide bonds. The number of aromatic nitrogens is 2. The summed E-state index contributed by atoms with van der Waals surface area (Å²) in [6.07, 6.45) is 10.1. The standard InChI is InChI=1S/C13H21N3O/c1-2-5-10(4-1)7-8-12-15-13(16-17-12)11-6-3-9-14-11/h10-11,14H,1-9H2. The first-order chi connectivity index (χ1) is 8.42. The molecule has 0 aromatic carbocycles. The Kier molecular flexibility index (Phi) is 3.41. The van der Waals surface area contributed by atoms with Gasteiger partial charge >= 0.3 is 0 Å². The molecule has 2 fully saturated rings. The lowest BCUT2D eigenvalue weighted by Crippen LogP contribution is -2.14. The van der Waals surface area contributed by atoms with Crippen LogP contribution in [0.2, 0.25) is 0 Å². The summed E-state index contributed by atoms with van der Waals surface area (Å²) in [5, 5.41) is 7.49. The van der Waals surface area contributed by atoms with Crippen molar-refractivity contribution in [1.82, 2.24) is 15.5 Å². The molecule has 0 bridgehead atoms. The minimum absolute atomic E-state index is 0.332. The van der Waals surface area contributed by atoms with E-state index in [9.17, 15) is 0 Å². The van der Waals surface area contributed by atoms with Gasteiger partial charge in [-0.15, -0.1) is 0 Å². The molecule has 2 aliphatic rings. The maximum atomic E-state index is 5.34. The summed E-state index contributed by atoms with van der Waals surface area (Å²) in [4.78, 5) is 4.51. The molecule has 94 valence electrons. The van der Waals surface area contributed by atoms with Crippen LogP contribution < -0.4 is 5.32 Å². The van der Waals surface area contributed by atoms with E-state index in [1.165, 1.54) is 38.5 Å². The second kappa shape index (κ2) is 5.17. The van der Waals surface area contributed by atoms with E-state index in [1.54, 1.807) is 0 Å². The zero-order valence-corrected chi connectivity index (χ0v) is 10.3. The Morgan fingerprint density at radius 2 is 2.06 bits per heavy atom. The molecule has 1 aliphatic carbocycles. The van der Waals surface area contributed by atoms with Crippen molar-refractivity contribution in [2.75, 3.05) is 6.54 Å². The Bertz CT molecular complexity index is 351. The third-order valence-corrected chi connectivity index (χ3v) is 4.10. The highest BCUT2D eigenvalue weighted by molar-refractivity contribution is 4.96. The van der Waals surface area contributed by atoms with Crippen LogP contribution in [0.15, 0.2) is 4.52 Å². The predicted molar refractivity (Wildman–Crippen MR) is 64.6 cm³/mol. The fourth-order valence-corrected chi connectivity index (χ4v) is 3.04. The molecule has 1 aliphatic heterocycles. The van der Waals surface area contributed by atoms with E-state index in [-0.39, 0.29) is 0 Å². The highest BCUT2D eigenvalue weighted by Gasteiger charge is 2.22. The Balaban J connectivity index is 1.52. The molecule has 1 N–H and O–H groups in total. The van der Waals surface area contributed by atoms with Crippen LogP contribution in [-0.4, -0.2) is 16.7 Å². The van der Waals surface area contributed by atoms with E-state index in [4.69, 9.17) is 4.52 Å². The molecule has 0 radical (unpaired) electrons. The molecule has 3 rings (SSSR count). The van der Waals surface area contributed by atoms with Crippen LogP contribution in [0.4, 0.5) is 0 Å². The van der Waals surface area contributed by atoms with Gasteiger partial charge in [-0.3, -0.25) is 0 Å². The topological polar surface area (TPSA) is 51.0 Å². The molecule has 1 atom stereocenters. The fraction of sp³-hybridized carbons (Fsp3) is 0.846. The number of rotatable bonds is 4. The van der Waals surface area contributed by atoms with Gasteiger partial charge in [0.1, 0.15) is 0 Å². The van der Waals surface area contributed by atoms with Gasteiger partial charge in [-0.25, -0.2) is 0 Å². The molecule has 1 aromatic rings. The fourth-order valence-electron chi connectivity index (χ4n) is 3.04. The van der Waals surface area contributed by atoms with Crippen molar-refractivity contribution in [3.05, 3.63) is 11.7 Å². The quantitative estimate of drug-likeness (QED) is 0.871. The van der Waals surface area contributed by atoms with Gasteiger partial charge in [0.05, 0.1) is 6.04 Å². The zero-order chi connectivity index (χ0) is 11.5. The maximum Gasteiger partial charge on any atom is 0.226 e. The summed E-state index contributed by atoms with van der Waals surface area (Å²) in [6.45, 7) is 1.08. The van der Waals surface area contributed by atoms with E-state index in [2.05, 4.69) is 15.5 Å². The predicted octanol–water partition coefficient (Wildman–Crippen LogP) is 2.62. The average Bonchev–Trinajstić information content (AvgIpc) is 3.09. The number of nitrogens with one attached hydrogen (secondary N) is 1. The van der Waals surface area contributed by atoms with Crippen molar-refractivity contribution in [2.45, 2.75) is 57.4 Å². The monoisotopic (exact) mass is 235 g/mol. The molecule has 1 aromatic heterocycles. The lowest BCUT2D eigenvalue weighted by atomic mass is 10.0. The summed E-state index contributed by atoms with van der Waals surface area (Å²) in [5.74, 6) is 2.60. The second-order valence-corrected chi connectivity index (χ2v) is 5.38. The van der Waals surface area contributed by atoms with Crippen LogP contribution in [0.3, 0.4) is 0 Å². The van der Waals surface area contributed by atoms with Crippen molar-refractivity contribution in [2.24, 2.45) is 5.92 Å². The average molecular weight is 235 g/mol. The van der Waals surface area contributed by atoms with E-state index < -0.39 is 0 Å². The Morgan fingerprint density at radius 1 is 1.18 bits per heavy atom. The van der Waals surface area contributed by atoms with Gasteiger partial charge < -0.3 is 9.84 Å². The Hall–Kier alpha value is -0.900. The molecule has 4 nitrogen and oxygen atoms in total. The van der Waals surface area contributed by atoms with E-state index in [1.807, 2.05) is 0 Å². The second-order valence-electron chi connectivity index (χ2n) is 5.38. The lowest BCUT2D eigenvalue weighted by molar-refractivity contribution is 0.354. The van der Waals surface area contributed by atoms with Crippen molar-refractivity contribution in [3.63, 3.8) is 0 Å². The molecule has 2 heterocycles. The highest BCUT2D eigenvalue weighted by Crippen LogP contribution is 2.28. The molecule has 1 unspecified atom stereocenters. The van der Waals surface area contributed by atoms with Crippen LogP contribution >= 0.6 is 0 Å². The van der Waals surface area contributed by atoms with E-state index >= 15 is 0 Å². The highest BCUT2D eigenvalue weighted by atomic mass is 16.5. The van der Waals surface area contributed by atoms with Crippen LogP contribution in [0.1, 0.15) is 62.7 Å².